The molecule has 6 heteroatoms. The van der Waals surface area contributed by atoms with Crippen LogP contribution in [0.15, 0.2) is 22.7 Å². The van der Waals surface area contributed by atoms with Gasteiger partial charge in [0.15, 0.2) is 0 Å². The maximum atomic E-state index is 12.5. The Bertz CT molecular complexity index is 611. The Morgan fingerprint density at radius 1 is 1.33 bits per heavy atom. The van der Waals surface area contributed by atoms with Crippen LogP contribution >= 0.6 is 27.5 Å². The molecule has 0 bridgehead atoms. The highest BCUT2D eigenvalue weighted by Gasteiger charge is 2.59. The van der Waals surface area contributed by atoms with E-state index in [4.69, 9.17) is 16.7 Å². The van der Waals surface area contributed by atoms with E-state index in [0.29, 0.717) is 28.1 Å². The summed E-state index contributed by atoms with van der Waals surface area (Å²) in [4.78, 5) is 25.3. The van der Waals surface area contributed by atoms with Gasteiger partial charge in [-0.05, 0) is 52.7 Å². The smallest absolute Gasteiger partial charge is 0.307 e. The molecule has 112 valence electrons. The predicted molar refractivity (Wildman–Crippen MR) is 82.5 cm³/mol. The Morgan fingerprint density at radius 3 is 2.57 bits per heavy atom. The number of nitrogens with zero attached hydrogens (tertiary/aromatic N) is 1. The average molecular weight is 373 g/mol. The number of carbonyl (C=O) groups is 2. The Morgan fingerprint density at radius 2 is 2.00 bits per heavy atom. The average Bonchev–Trinajstić information content (AvgIpc) is 3.16. The van der Waals surface area contributed by atoms with Gasteiger partial charge in [0.1, 0.15) is 0 Å². The molecule has 1 saturated heterocycles. The first kappa shape index (κ1) is 14.9. The van der Waals surface area contributed by atoms with Gasteiger partial charge in [-0.25, -0.2) is 0 Å². The number of aliphatic carboxylic acids is 1. The van der Waals surface area contributed by atoms with E-state index in [-0.39, 0.29) is 17.2 Å². The van der Waals surface area contributed by atoms with E-state index in [1.165, 1.54) is 0 Å². The Labute approximate surface area is 136 Å². The predicted octanol–water partition coefficient (Wildman–Crippen LogP) is 3.43. The van der Waals surface area contributed by atoms with Crippen molar-refractivity contribution in [1.29, 1.82) is 0 Å². The van der Waals surface area contributed by atoms with Crippen LogP contribution in [-0.4, -0.2) is 35.0 Å². The molecule has 1 saturated carbocycles. The molecule has 3 rings (SSSR count). The Kier molecular flexibility index (Phi) is 3.74. The summed E-state index contributed by atoms with van der Waals surface area (Å²) in [5.74, 6) is -1.00. The van der Waals surface area contributed by atoms with Crippen LogP contribution in [-0.2, 0) is 4.79 Å². The monoisotopic (exact) mass is 371 g/mol. The van der Waals surface area contributed by atoms with Crippen molar-refractivity contribution < 1.29 is 14.7 Å². The van der Waals surface area contributed by atoms with Crippen LogP contribution in [0.2, 0.25) is 5.02 Å². The van der Waals surface area contributed by atoms with Crippen molar-refractivity contribution in [2.24, 2.45) is 11.3 Å². The molecule has 1 unspecified atom stereocenters. The maximum Gasteiger partial charge on any atom is 0.307 e. The Balaban J connectivity index is 1.69. The standard InChI is InChI=1S/C15H15BrClNO3/c16-11-3-1-2-9(12(11)17)13(19)18-6-4-15(5-7-18)8-10(15)14(20)21/h1-3,10H,4-8H2,(H,20,21). The number of rotatable bonds is 2. The minimum Gasteiger partial charge on any atom is -0.481 e. The van der Waals surface area contributed by atoms with Crippen LogP contribution in [0.4, 0.5) is 0 Å². The number of amides is 1. The van der Waals surface area contributed by atoms with E-state index in [9.17, 15) is 9.59 Å². The van der Waals surface area contributed by atoms with Gasteiger partial charge in [0.05, 0.1) is 16.5 Å². The minimum atomic E-state index is -0.704. The lowest BCUT2D eigenvalue weighted by Crippen LogP contribution is -2.40. The number of hydrogen-bond donors (Lipinski definition) is 1. The molecule has 1 amide bonds. The summed E-state index contributed by atoms with van der Waals surface area (Å²) in [7, 11) is 0. The third kappa shape index (κ3) is 2.57. The highest BCUT2D eigenvalue weighted by atomic mass is 79.9. The number of carboxylic acids is 1. The van der Waals surface area contributed by atoms with Crippen molar-refractivity contribution in [2.75, 3.05) is 13.1 Å². The molecular formula is C15H15BrClNO3. The quantitative estimate of drug-likeness (QED) is 0.865. The second kappa shape index (κ2) is 5.29. The lowest BCUT2D eigenvalue weighted by molar-refractivity contribution is -0.139. The van der Waals surface area contributed by atoms with Crippen LogP contribution in [0.3, 0.4) is 0 Å². The van der Waals surface area contributed by atoms with Crippen LogP contribution in [0.1, 0.15) is 29.6 Å². The highest BCUT2D eigenvalue weighted by Crippen LogP contribution is 2.59. The lowest BCUT2D eigenvalue weighted by atomic mass is 9.90. The van der Waals surface area contributed by atoms with Gasteiger partial charge in [0.2, 0.25) is 0 Å². The fourth-order valence-corrected chi connectivity index (χ4v) is 3.82. The molecule has 1 aliphatic carbocycles. The lowest BCUT2D eigenvalue weighted by Gasteiger charge is -2.32. The molecule has 2 fully saturated rings. The minimum absolute atomic E-state index is 0.0658. The summed E-state index contributed by atoms with van der Waals surface area (Å²) < 4.78 is 0.705. The Hall–Kier alpha value is -1.07. The highest BCUT2D eigenvalue weighted by molar-refractivity contribution is 9.10. The summed E-state index contributed by atoms with van der Waals surface area (Å²) in [5.41, 5.74) is 0.427. The summed E-state index contributed by atoms with van der Waals surface area (Å²) in [6.07, 6.45) is 2.28. The van der Waals surface area contributed by atoms with Crippen LogP contribution < -0.4 is 0 Å². The number of likely N-dealkylation sites (tertiary alicyclic amines) is 1. The van der Waals surface area contributed by atoms with Crippen molar-refractivity contribution in [3.05, 3.63) is 33.3 Å². The van der Waals surface area contributed by atoms with E-state index in [1.54, 1.807) is 23.1 Å². The first-order chi connectivity index (χ1) is 9.94. The third-order valence-corrected chi connectivity index (χ3v) is 6.01. The molecule has 1 spiro atoms. The fourth-order valence-electron chi connectivity index (χ4n) is 3.24. The van der Waals surface area contributed by atoms with Gasteiger partial charge in [0.25, 0.3) is 5.91 Å². The third-order valence-electron chi connectivity index (χ3n) is 4.72. The van der Waals surface area contributed by atoms with Gasteiger partial charge in [-0.3, -0.25) is 9.59 Å². The molecule has 1 aromatic carbocycles. The number of carbonyl (C=O) groups excluding carboxylic acids is 1. The molecular weight excluding hydrogens is 358 g/mol. The van der Waals surface area contributed by atoms with E-state index < -0.39 is 5.97 Å². The molecule has 1 aromatic rings. The van der Waals surface area contributed by atoms with Gasteiger partial charge in [0, 0.05) is 17.6 Å². The number of carboxylic acid groups (broad SMARTS) is 1. The number of halogens is 2. The second-order valence-electron chi connectivity index (χ2n) is 5.85. The summed E-state index contributed by atoms with van der Waals surface area (Å²) in [6.45, 7) is 1.21. The van der Waals surface area contributed by atoms with E-state index in [0.717, 1.165) is 19.3 Å². The van der Waals surface area contributed by atoms with E-state index in [1.807, 2.05) is 0 Å². The van der Waals surface area contributed by atoms with E-state index >= 15 is 0 Å². The molecule has 1 aliphatic heterocycles. The molecule has 4 nitrogen and oxygen atoms in total. The van der Waals surface area contributed by atoms with Crippen LogP contribution in [0.5, 0.6) is 0 Å². The molecule has 1 N–H and O–H groups in total. The number of benzene rings is 1. The normalized spacial score (nSPS) is 23.1. The maximum absolute atomic E-state index is 12.5. The van der Waals surface area contributed by atoms with Gasteiger partial charge in [-0.2, -0.15) is 0 Å². The second-order valence-corrected chi connectivity index (χ2v) is 7.08. The molecule has 1 heterocycles. The molecule has 0 radical (unpaired) electrons. The molecule has 2 aliphatic rings. The van der Waals surface area contributed by atoms with Gasteiger partial charge in [-0.15, -0.1) is 0 Å². The van der Waals surface area contributed by atoms with Crippen molar-refractivity contribution >= 4 is 39.4 Å². The SMILES string of the molecule is O=C(O)C1CC12CCN(C(=O)c1cccc(Br)c1Cl)CC2. The summed E-state index contributed by atoms with van der Waals surface area (Å²) in [6, 6.07) is 5.30. The topological polar surface area (TPSA) is 57.6 Å². The zero-order valence-corrected chi connectivity index (χ0v) is 13.7. The first-order valence-corrected chi connectivity index (χ1v) is 8.08. The number of hydrogen-bond acceptors (Lipinski definition) is 2. The van der Waals surface area contributed by atoms with Crippen LogP contribution in [0, 0.1) is 11.3 Å². The zero-order valence-electron chi connectivity index (χ0n) is 11.3. The number of piperidine rings is 1. The molecule has 1 atom stereocenters. The van der Waals surface area contributed by atoms with Crippen molar-refractivity contribution in [3.8, 4) is 0 Å². The van der Waals surface area contributed by atoms with E-state index in [2.05, 4.69) is 15.9 Å². The van der Waals surface area contributed by atoms with Gasteiger partial charge in [-0.1, -0.05) is 17.7 Å². The summed E-state index contributed by atoms with van der Waals surface area (Å²) >= 11 is 9.49. The van der Waals surface area contributed by atoms with Crippen molar-refractivity contribution in [1.82, 2.24) is 4.90 Å². The molecule has 0 aromatic heterocycles. The van der Waals surface area contributed by atoms with Crippen LogP contribution in [0.25, 0.3) is 0 Å². The first-order valence-electron chi connectivity index (χ1n) is 6.91. The van der Waals surface area contributed by atoms with Gasteiger partial charge < -0.3 is 10.0 Å². The fraction of sp³-hybridized carbons (Fsp3) is 0.467. The summed E-state index contributed by atoms with van der Waals surface area (Å²) in [5, 5.41) is 9.52. The van der Waals surface area contributed by atoms with Gasteiger partial charge >= 0.3 is 5.97 Å². The molecule has 21 heavy (non-hydrogen) atoms. The zero-order chi connectivity index (χ0) is 15.2. The largest absolute Gasteiger partial charge is 0.481 e. The van der Waals surface area contributed by atoms with Crippen molar-refractivity contribution in [2.45, 2.75) is 19.3 Å². The van der Waals surface area contributed by atoms with Crippen molar-refractivity contribution in [3.63, 3.8) is 0 Å².